The van der Waals surface area contributed by atoms with Crippen molar-refractivity contribution in [3.05, 3.63) is 0 Å². The molecule has 1 aliphatic rings. The van der Waals surface area contributed by atoms with Crippen molar-refractivity contribution in [2.75, 3.05) is 37.9 Å². The second-order valence-electron chi connectivity index (χ2n) is 3.33. The fourth-order valence-corrected chi connectivity index (χ4v) is 1.86. The van der Waals surface area contributed by atoms with E-state index in [-0.39, 0.29) is 17.7 Å². The first kappa shape index (κ1) is 12.6. The van der Waals surface area contributed by atoms with Crippen LogP contribution in [0.4, 0.5) is 0 Å². The van der Waals surface area contributed by atoms with Crippen LogP contribution in [0, 0.1) is 0 Å². The Kier molecular flexibility index (Phi) is 5.19. The van der Waals surface area contributed by atoms with Crippen LogP contribution in [-0.4, -0.2) is 59.6 Å². The minimum absolute atomic E-state index is 0.00955. The molecule has 1 rings (SSSR count). The highest BCUT2D eigenvalue weighted by Gasteiger charge is 2.22. The highest BCUT2D eigenvalue weighted by molar-refractivity contribution is 6.27. The molecule has 2 amide bonds. The number of carbonyl (C=O) groups excluding carboxylic acids is 2. The van der Waals surface area contributed by atoms with Gasteiger partial charge in [0.05, 0.1) is 0 Å². The predicted octanol–water partition coefficient (Wildman–Crippen LogP) is 0.525. The van der Waals surface area contributed by atoms with Crippen molar-refractivity contribution < 1.29 is 9.59 Å². The molecule has 4 nitrogen and oxygen atoms in total. The van der Waals surface area contributed by atoms with E-state index >= 15 is 0 Å². The summed E-state index contributed by atoms with van der Waals surface area (Å²) in [6, 6.07) is 0. The van der Waals surface area contributed by atoms with Gasteiger partial charge in [-0.2, -0.15) is 0 Å². The van der Waals surface area contributed by atoms with E-state index in [1.165, 1.54) is 0 Å². The fraction of sp³-hybridized carbons (Fsp3) is 0.778. The summed E-state index contributed by atoms with van der Waals surface area (Å²) in [6.07, 6.45) is 0.366. The Morgan fingerprint density at radius 2 is 1.40 bits per heavy atom. The van der Waals surface area contributed by atoms with Gasteiger partial charge in [0.15, 0.2) is 0 Å². The summed E-state index contributed by atoms with van der Waals surface area (Å²) in [4.78, 5) is 26.1. The third-order valence-electron chi connectivity index (χ3n) is 2.41. The van der Waals surface area contributed by atoms with Crippen LogP contribution in [0.3, 0.4) is 0 Å². The van der Waals surface area contributed by atoms with Crippen LogP contribution < -0.4 is 0 Å². The highest BCUT2D eigenvalue weighted by Crippen LogP contribution is 2.05. The predicted molar refractivity (Wildman–Crippen MR) is 59.2 cm³/mol. The smallest absolute Gasteiger partial charge is 0.237 e. The Hall–Kier alpha value is -0.480. The van der Waals surface area contributed by atoms with Gasteiger partial charge in [0.2, 0.25) is 11.8 Å². The van der Waals surface area contributed by atoms with Gasteiger partial charge in [0.1, 0.15) is 5.88 Å². The summed E-state index contributed by atoms with van der Waals surface area (Å²) < 4.78 is 0. The molecule has 15 heavy (non-hydrogen) atoms. The van der Waals surface area contributed by atoms with Crippen molar-refractivity contribution >= 4 is 35.0 Å². The van der Waals surface area contributed by atoms with E-state index in [2.05, 4.69) is 0 Å². The molecule has 0 aromatic rings. The van der Waals surface area contributed by atoms with Crippen molar-refractivity contribution in [2.45, 2.75) is 6.42 Å². The average molecular weight is 253 g/mol. The molecule has 0 saturated carbocycles. The molecular formula is C9H14Cl2N2O2. The molecule has 1 saturated heterocycles. The van der Waals surface area contributed by atoms with Gasteiger partial charge in [0.25, 0.3) is 0 Å². The lowest BCUT2D eigenvalue weighted by Crippen LogP contribution is -2.51. The van der Waals surface area contributed by atoms with E-state index in [0.717, 1.165) is 0 Å². The number of alkyl halides is 2. The number of halogens is 2. The number of hydrogen-bond acceptors (Lipinski definition) is 2. The molecule has 1 fully saturated rings. The number of amides is 2. The molecule has 0 atom stereocenters. The summed E-state index contributed by atoms with van der Waals surface area (Å²) in [6.45, 7) is 2.30. The Labute approximate surface area is 99.1 Å². The molecule has 0 radical (unpaired) electrons. The Balaban J connectivity index is 2.35. The number of rotatable bonds is 3. The van der Waals surface area contributed by atoms with E-state index in [9.17, 15) is 9.59 Å². The SMILES string of the molecule is O=C(CCl)N1CCN(C(=O)CCCl)CC1. The lowest BCUT2D eigenvalue weighted by Gasteiger charge is -2.34. The Morgan fingerprint density at radius 3 is 1.80 bits per heavy atom. The zero-order valence-electron chi connectivity index (χ0n) is 8.42. The minimum atomic E-state index is -0.0684. The molecule has 0 bridgehead atoms. The number of nitrogens with zero attached hydrogens (tertiary/aromatic N) is 2. The summed E-state index contributed by atoms with van der Waals surface area (Å²) in [7, 11) is 0. The van der Waals surface area contributed by atoms with E-state index < -0.39 is 0 Å². The topological polar surface area (TPSA) is 40.6 Å². The van der Waals surface area contributed by atoms with E-state index in [1.807, 2.05) is 0 Å². The quantitative estimate of drug-likeness (QED) is 0.688. The fourth-order valence-electron chi connectivity index (χ4n) is 1.53. The maximum atomic E-state index is 11.5. The van der Waals surface area contributed by atoms with Gasteiger partial charge in [-0.3, -0.25) is 9.59 Å². The standard InChI is InChI=1S/C9H14Cl2N2O2/c10-2-1-8(14)12-3-5-13(6-4-12)9(15)7-11/h1-7H2. The first-order chi connectivity index (χ1) is 7.19. The molecule has 0 unspecified atom stereocenters. The summed E-state index contributed by atoms with van der Waals surface area (Å²) in [5.41, 5.74) is 0. The van der Waals surface area contributed by atoms with Crippen molar-refractivity contribution in [3.63, 3.8) is 0 Å². The average Bonchev–Trinajstić information content (AvgIpc) is 2.28. The maximum absolute atomic E-state index is 11.5. The van der Waals surface area contributed by atoms with Crippen molar-refractivity contribution in [2.24, 2.45) is 0 Å². The van der Waals surface area contributed by atoms with Gasteiger partial charge >= 0.3 is 0 Å². The molecule has 0 N–H and O–H groups in total. The molecule has 86 valence electrons. The molecule has 0 spiro atoms. The number of hydrogen-bond donors (Lipinski definition) is 0. The molecular weight excluding hydrogens is 239 g/mol. The first-order valence-corrected chi connectivity index (χ1v) is 5.93. The number of carbonyl (C=O) groups is 2. The van der Waals surface area contributed by atoms with Crippen LogP contribution in [0.15, 0.2) is 0 Å². The molecule has 6 heteroatoms. The van der Waals surface area contributed by atoms with E-state index in [1.54, 1.807) is 9.80 Å². The largest absolute Gasteiger partial charge is 0.339 e. The Bertz CT molecular complexity index is 240. The van der Waals surface area contributed by atoms with Crippen molar-refractivity contribution in [3.8, 4) is 0 Å². The highest BCUT2D eigenvalue weighted by atomic mass is 35.5. The van der Waals surface area contributed by atoms with Crippen molar-refractivity contribution in [1.29, 1.82) is 0 Å². The molecule has 1 heterocycles. The third-order valence-corrected chi connectivity index (χ3v) is 2.83. The van der Waals surface area contributed by atoms with Crippen LogP contribution in [0.1, 0.15) is 6.42 Å². The monoisotopic (exact) mass is 252 g/mol. The minimum Gasteiger partial charge on any atom is -0.339 e. The Morgan fingerprint density at radius 1 is 0.933 bits per heavy atom. The maximum Gasteiger partial charge on any atom is 0.237 e. The summed E-state index contributed by atoms with van der Waals surface area (Å²) in [5.74, 6) is 0.346. The lowest BCUT2D eigenvalue weighted by molar-refractivity contribution is -0.138. The normalized spacial score (nSPS) is 16.7. The lowest BCUT2D eigenvalue weighted by atomic mass is 10.3. The van der Waals surface area contributed by atoms with Gasteiger partial charge in [-0.15, -0.1) is 23.2 Å². The second-order valence-corrected chi connectivity index (χ2v) is 3.98. The molecule has 1 aliphatic heterocycles. The van der Waals surface area contributed by atoms with Crippen molar-refractivity contribution in [1.82, 2.24) is 9.80 Å². The summed E-state index contributed by atoms with van der Waals surface area (Å²) in [5, 5.41) is 0. The second kappa shape index (κ2) is 6.18. The molecule has 0 aliphatic carbocycles. The van der Waals surface area contributed by atoms with Gasteiger partial charge in [-0.25, -0.2) is 0 Å². The first-order valence-electron chi connectivity index (χ1n) is 4.86. The van der Waals surface area contributed by atoms with Crippen LogP contribution in [0.2, 0.25) is 0 Å². The summed E-state index contributed by atoms with van der Waals surface area (Å²) >= 11 is 10.9. The zero-order valence-corrected chi connectivity index (χ0v) is 9.93. The van der Waals surface area contributed by atoms with E-state index in [4.69, 9.17) is 23.2 Å². The zero-order chi connectivity index (χ0) is 11.3. The van der Waals surface area contributed by atoms with Crippen LogP contribution in [0.5, 0.6) is 0 Å². The van der Waals surface area contributed by atoms with Gasteiger partial charge in [-0.1, -0.05) is 0 Å². The third kappa shape index (κ3) is 3.54. The van der Waals surface area contributed by atoms with Gasteiger partial charge in [-0.05, 0) is 0 Å². The molecule has 0 aromatic heterocycles. The van der Waals surface area contributed by atoms with Gasteiger partial charge < -0.3 is 9.80 Å². The van der Waals surface area contributed by atoms with Crippen LogP contribution in [-0.2, 0) is 9.59 Å². The van der Waals surface area contributed by atoms with E-state index in [0.29, 0.717) is 38.5 Å². The van der Waals surface area contributed by atoms with Crippen LogP contribution in [0.25, 0.3) is 0 Å². The van der Waals surface area contributed by atoms with Crippen LogP contribution >= 0.6 is 23.2 Å². The van der Waals surface area contributed by atoms with Gasteiger partial charge in [0, 0.05) is 38.5 Å². The number of piperazine rings is 1. The molecule has 0 aromatic carbocycles.